The molecule has 72 valence electrons. The standard InChI is InChI=1S/C10H8Cl2N2/c11-7-2-1-3-8-9(7)14(6-4-5-6)10(12)13-8/h1-3,6H,4-5H2. The Morgan fingerprint density at radius 2 is 2.07 bits per heavy atom. The van der Waals surface area contributed by atoms with Gasteiger partial charge in [-0.05, 0) is 36.6 Å². The number of rotatable bonds is 1. The predicted molar refractivity (Wildman–Crippen MR) is 58.0 cm³/mol. The van der Waals surface area contributed by atoms with E-state index in [-0.39, 0.29) is 0 Å². The number of nitrogens with zero attached hydrogens (tertiary/aromatic N) is 2. The van der Waals surface area contributed by atoms with Gasteiger partial charge in [-0.1, -0.05) is 17.7 Å². The van der Waals surface area contributed by atoms with Gasteiger partial charge in [0.05, 0.1) is 16.1 Å². The zero-order valence-electron chi connectivity index (χ0n) is 7.37. The van der Waals surface area contributed by atoms with Crippen molar-refractivity contribution in [3.05, 3.63) is 28.5 Å². The van der Waals surface area contributed by atoms with Gasteiger partial charge in [0, 0.05) is 6.04 Å². The normalized spacial score (nSPS) is 16.4. The first-order valence-electron chi connectivity index (χ1n) is 4.59. The maximum atomic E-state index is 6.13. The molecule has 14 heavy (non-hydrogen) atoms. The number of hydrogen-bond donors (Lipinski definition) is 0. The highest BCUT2D eigenvalue weighted by Crippen LogP contribution is 2.41. The second-order valence-corrected chi connectivity index (χ2v) is 4.33. The van der Waals surface area contributed by atoms with Crippen LogP contribution in [0.3, 0.4) is 0 Å². The van der Waals surface area contributed by atoms with Crippen molar-refractivity contribution in [1.82, 2.24) is 9.55 Å². The van der Waals surface area contributed by atoms with Gasteiger partial charge in [0.2, 0.25) is 5.28 Å². The molecule has 1 heterocycles. The minimum atomic E-state index is 0.507. The Kier molecular flexibility index (Phi) is 1.76. The third-order valence-electron chi connectivity index (χ3n) is 2.53. The van der Waals surface area contributed by atoms with Gasteiger partial charge >= 0.3 is 0 Å². The van der Waals surface area contributed by atoms with Gasteiger partial charge in [-0.15, -0.1) is 0 Å². The van der Waals surface area contributed by atoms with Crippen LogP contribution in [0.5, 0.6) is 0 Å². The van der Waals surface area contributed by atoms with Crippen LogP contribution >= 0.6 is 23.2 Å². The van der Waals surface area contributed by atoms with E-state index in [1.807, 2.05) is 22.8 Å². The Labute approximate surface area is 91.4 Å². The fraction of sp³-hybridized carbons (Fsp3) is 0.300. The monoisotopic (exact) mass is 226 g/mol. The molecule has 0 N–H and O–H groups in total. The molecule has 2 nitrogen and oxygen atoms in total. The van der Waals surface area contributed by atoms with Crippen LogP contribution in [0.1, 0.15) is 18.9 Å². The van der Waals surface area contributed by atoms with Crippen molar-refractivity contribution in [3.8, 4) is 0 Å². The Balaban J connectivity index is 2.39. The van der Waals surface area contributed by atoms with E-state index in [2.05, 4.69) is 4.98 Å². The van der Waals surface area contributed by atoms with Crippen LogP contribution in [0.2, 0.25) is 10.3 Å². The molecule has 2 aromatic rings. The molecule has 1 aromatic carbocycles. The maximum absolute atomic E-state index is 6.13. The molecular formula is C10H8Cl2N2. The molecule has 0 atom stereocenters. The van der Waals surface area contributed by atoms with Gasteiger partial charge in [0.15, 0.2) is 0 Å². The first kappa shape index (κ1) is 8.57. The van der Waals surface area contributed by atoms with E-state index in [1.165, 1.54) is 12.8 Å². The van der Waals surface area contributed by atoms with Crippen molar-refractivity contribution >= 4 is 34.2 Å². The molecule has 1 aliphatic rings. The van der Waals surface area contributed by atoms with Crippen molar-refractivity contribution in [2.45, 2.75) is 18.9 Å². The summed E-state index contributed by atoms with van der Waals surface area (Å²) in [6, 6.07) is 6.21. The molecule has 4 heteroatoms. The molecule has 0 bridgehead atoms. The maximum Gasteiger partial charge on any atom is 0.204 e. The van der Waals surface area contributed by atoms with E-state index in [1.54, 1.807) is 0 Å². The van der Waals surface area contributed by atoms with E-state index in [4.69, 9.17) is 23.2 Å². The topological polar surface area (TPSA) is 17.8 Å². The van der Waals surface area contributed by atoms with Gasteiger partial charge in [0.1, 0.15) is 0 Å². The zero-order valence-corrected chi connectivity index (χ0v) is 8.89. The Hall–Kier alpha value is -0.730. The summed E-state index contributed by atoms with van der Waals surface area (Å²) in [6.07, 6.45) is 2.35. The van der Waals surface area contributed by atoms with Crippen molar-refractivity contribution in [1.29, 1.82) is 0 Å². The Bertz CT molecular complexity index is 500. The smallest absolute Gasteiger partial charge is 0.204 e. The molecule has 1 saturated carbocycles. The van der Waals surface area contributed by atoms with Crippen molar-refractivity contribution < 1.29 is 0 Å². The highest BCUT2D eigenvalue weighted by Gasteiger charge is 2.28. The number of para-hydroxylation sites is 1. The lowest BCUT2D eigenvalue weighted by atomic mass is 10.3. The van der Waals surface area contributed by atoms with Gasteiger partial charge in [-0.2, -0.15) is 0 Å². The molecule has 1 fully saturated rings. The largest absolute Gasteiger partial charge is 0.310 e. The van der Waals surface area contributed by atoms with Crippen molar-refractivity contribution in [3.63, 3.8) is 0 Å². The number of fused-ring (bicyclic) bond motifs is 1. The molecule has 0 aliphatic heterocycles. The lowest BCUT2D eigenvalue weighted by molar-refractivity contribution is 0.767. The number of halogens is 2. The first-order valence-corrected chi connectivity index (χ1v) is 5.35. The molecule has 0 spiro atoms. The third kappa shape index (κ3) is 1.14. The summed E-state index contributed by atoms with van der Waals surface area (Å²) >= 11 is 12.2. The zero-order chi connectivity index (χ0) is 9.71. The fourth-order valence-electron chi connectivity index (χ4n) is 1.74. The summed E-state index contributed by atoms with van der Waals surface area (Å²) in [6.45, 7) is 0. The summed E-state index contributed by atoms with van der Waals surface area (Å²) in [4.78, 5) is 4.28. The molecule has 1 aliphatic carbocycles. The molecule has 0 radical (unpaired) electrons. The molecule has 0 amide bonds. The van der Waals surface area contributed by atoms with E-state index in [0.717, 1.165) is 16.1 Å². The Morgan fingerprint density at radius 1 is 1.29 bits per heavy atom. The summed E-state index contributed by atoms with van der Waals surface area (Å²) in [5.74, 6) is 0. The quantitative estimate of drug-likeness (QED) is 0.726. The van der Waals surface area contributed by atoms with Crippen LogP contribution in [0.25, 0.3) is 11.0 Å². The van der Waals surface area contributed by atoms with Crippen molar-refractivity contribution in [2.24, 2.45) is 0 Å². The molecule has 1 aromatic heterocycles. The molecule has 0 saturated heterocycles. The van der Waals surface area contributed by atoms with Crippen molar-refractivity contribution in [2.75, 3.05) is 0 Å². The highest BCUT2D eigenvalue weighted by atomic mass is 35.5. The second-order valence-electron chi connectivity index (χ2n) is 3.59. The average Bonchev–Trinajstić information content (AvgIpc) is 2.90. The molecule has 3 rings (SSSR count). The van der Waals surface area contributed by atoms with Gasteiger partial charge in [-0.3, -0.25) is 0 Å². The van der Waals surface area contributed by atoms with Crippen LogP contribution in [-0.2, 0) is 0 Å². The van der Waals surface area contributed by atoms with Gasteiger partial charge < -0.3 is 4.57 Å². The molecule has 0 unspecified atom stereocenters. The second kappa shape index (κ2) is 2.88. The van der Waals surface area contributed by atoms with Crippen LogP contribution in [-0.4, -0.2) is 9.55 Å². The number of aromatic nitrogens is 2. The third-order valence-corrected chi connectivity index (χ3v) is 3.10. The fourth-order valence-corrected chi connectivity index (χ4v) is 2.32. The van der Waals surface area contributed by atoms with Crippen LogP contribution in [0, 0.1) is 0 Å². The summed E-state index contributed by atoms with van der Waals surface area (Å²) in [7, 11) is 0. The lowest BCUT2D eigenvalue weighted by Crippen LogP contribution is -1.93. The number of hydrogen-bond acceptors (Lipinski definition) is 1. The highest BCUT2D eigenvalue weighted by molar-refractivity contribution is 6.36. The van der Waals surface area contributed by atoms with Gasteiger partial charge in [0.25, 0.3) is 0 Å². The number of imidazole rings is 1. The predicted octanol–water partition coefficient (Wildman–Crippen LogP) is 3.68. The number of benzene rings is 1. The molecular weight excluding hydrogens is 219 g/mol. The first-order chi connectivity index (χ1) is 6.77. The van der Waals surface area contributed by atoms with E-state index >= 15 is 0 Å². The van der Waals surface area contributed by atoms with E-state index < -0.39 is 0 Å². The minimum Gasteiger partial charge on any atom is -0.310 e. The average molecular weight is 227 g/mol. The van der Waals surface area contributed by atoms with Crippen LogP contribution in [0.15, 0.2) is 18.2 Å². The SMILES string of the molecule is Clc1cccc2nc(Cl)n(C3CC3)c12. The minimum absolute atomic E-state index is 0.507. The van der Waals surface area contributed by atoms with E-state index in [9.17, 15) is 0 Å². The van der Waals surface area contributed by atoms with Crippen LogP contribution < -0.4 is 0 Å². The Morgan fingerprint density at radius 3 is 2.79 bits per heavy atom. The van der Waals surface area contributed by atoms with Gasteiger partial charge in [-0.25, -0.2) is 4.98 Å². The summed E-state index contributed by atoms with van der Waals surface area (Å²) < 4.78 is 2.04. The lowest BCUT2D eigenvalue weighted by Gasteiger charge is -2.03. The van der Waals surface area contributed by atoms with E-state index in [0.29, 0.717) is 11.3 Å². The summed E-state index contributed by atoms with van der Waals surface area (Å²) in [5, 5.41) is 1.28. The summed E-state index contributed by atoms with van der Waals surface area (Å²) in [5.41, 5.74) is 1.86. The van der Waals surface area contributed by atoms with Crippen LogP contribution in [0.4, 0.5) is 0 Å².